The summed E-state index contributed by atoms with van der Waals surface area (Å²) in [5.74, 6) is 0. The molecule has 0 N–H and O–H groups in total. The number of fused-ring (bicyclic) bond motifs is 3. The Morgan fingerprint density at radius 1 is 0.447 bits per heavy atom. The highest BCUT2D eigenvalue weighted by Crippen LogP contribution is 2.40. The Balaban J connectivity index is 1.30. The normalized spacial score (nSPS) is 11.2. The third kappa shape index (κ3) is 4.03. The average Bonchev–Trinajstić information content (AvgIpc) is 3.38. The van der Waals surface area contributed by atoms with Crippen LogP contribution >= 0.6 is 11.3 Å². The van der Waals surface area contributed by atoms with E-state index in [1.165, 1.54) is 31.3 Å². The Kier molecular flexibility index (Phi) is 5.69. The van der Waals surface area contributed by atoms with Gasteiger partial charge in [0.25, 0.3) is 0 Å². The van der Waals surface area contributed by atoms with E-state index in [0.29, 0.717) is 0 Å². The van der Waals surface area contributed by atoms with Crippen molar-refractivity contribution in [3.05, 3.63) is 146 Å². The van der Waals surface area contributed by atoms with Crippen LogP contribution in [-0.2, 0) is 0 Å². The molecule has 0 atom stereocenters. The van der Waals surface area contributed by atoms with Gasteiger partial charge in [-0.05, 0) is 59.7 Å². The van der Waals surface area contributed by atoms with Crippen LogP contribution in [0.3, 0.4) is 0 Å². The molecular formula is C35H24N2S. The molecule has 0 aliphatic carbocycles. The van der Waals surface area contributed by atoms with Gasteiger partial charge in [0.15, 0.2) is 0 Å². The maximum atomic E-state index is 4.82. The first-order chi connectivity index (χ1) is 18.8. The summed E-state index contributed by atoms with van der Waals surface area (Å²) in [4.78, 5) is 7.12. The monoisotopic (exact) mass is 504 g/mol. The molecule has 7 rings (SSSR count). The van der Waals surface area contributed by atoms with Crippen LogP contribution in [0.15, 0.2) is 146 Å². The van der Waals surface area contributed by atoms with Crippen molar-refractivity contribution in [1.29, 1.82) is 0 Å². The number of thiophene rings is 1. The third-order valence-corrected chi connectivity index (χ3v) is 8.07. The number of para-hydroxylation sites is 1. The molecule has 0 aliphatic rings. The molecule has 0 amide bonds. The lowest BCUT2D eigenvalue weighted by molar-refractivity contribution is 1.28. The second-order valence-corrected chi connectivity index (χ2v) is 10.3. The van der Waals surface area contributed by atoms with Gasteiger partial charge in [0.05, 0.1) is 5.69 Å². The number of hydrogen-bond acceptors (Lipinski definition) is 3. The van der Waals surface area contributed by atoms with Crippen molar-refractivity contribution >= 4 is 48.6 Å². The molecule has 7 aromatic rings. The van der Waals surface area contributed by atoms with E-state index in [2.05, 4.69) is 144 Å². The van der Waals surface area contributed by atoms with Crippen LogP contribution in [0, 0.1) is 0 Å². The fourth-order valence-corrected chi connectivity index (χ4v) is 6.22. The molecule has 0 radical (unpaired) electrons. The van der Waals surface area contributed by atoms with Gasteiger partial charge in [-0.15, -0.1) is 11.3 Å². The predicted molar refractivity (Wildman–Crippen MR) is 163 cm³/mol. The minimum absolute atomic E-state index is 1.03. The maximum Gasteiger partial charge on any atom is 0.0795 e. The first-order valence-corrected chi connectivity index (χ1v) is 13.5. The van der Waals surface area contributed by atoms with Gasteiger partial charge in [-0.2, -0.15) is 0 Å². The first kappa shape index (κ1) is 22.5. The second kappa shape index (κ2) is 9.62. The van der Waals surface area contributed by atoms with Gasteiger partial charge in [0.2, 0.25) is 0 Å². The number of aromatic nitrogens is 1. The zero-order chi connectivity index (χ0) is 25.3. The molecule has 0 bridgehead atoms. The SMILES string of the molecule is c1ccc(-c2ccc(N(c3ccccc3)c3ccc(-c4nccc5sc6ccccc6c45)cc3)cc2)cc1. The predicted octanol–water partition coefficient (Wildman–Crippen LogP) is 10.3. The first-order valence-electron chi connectivity index (χ1n) is 12.7. The molecule has 5 aromatic carbocycles. The summed E-state index contributed by atoms with van der Waals surface area (Å²) in [6, 6.07) is 49.3. The van der Waals surface area contributed by atoms with Crippen molar-refractivity contribution < 1.29 is 0 Å². The van der Waals surface area contributed by atoms with Gasteiger partial charge >= 0.3 is 0 Å². The second-order valence-electron chi connectivity index (χ2n) is 9.26. The van der Waals surface area contributed by atoms with Gasteiger partial charge in [0, 0.05) is 49.0 Å². The molecular weight excluding hydrogens is 480 g/mol. The number of rotatable bonds is 5. The number of pyridine rings is 1. The van der Waals surface area contributed by atoms with Crippen LogP contribution < -0.4 is 4.90 Å². The average molecular weight is 505 g/mol. The standard InChI is InChI=1S/C35H24N2S/c1-3-9-25(10-4-1)26-15-19-29(20-16-26)37(28-11-5-2-6-12-28)30-21-17-27(18-22-30)35-34-31-13-7-8-14-32(31)38-33(34)23-24-36-35/h1-24H. The Hall–Kier alpha value is -4.73. The number of benzene rings is 5. The van der Waals surface area contributed by atoms with E-state index in [4.69, 9.17) is 4.98 Å². The zero-order valence-electron chi connectivity index (χ0n) is 20.7. The summed E-state index contributed by atoms with van der Waals surface area (Å²) in [6.45, 7) is 0. The fourth-order valence-electron chi connectivity index (χ4n) is 5.12. The van der Waals surface area contributed by atoms with Crippen LogP contribution in [0.5, 0.6) is 0 Å². The van der Waals surface area contributed by atoms with Gasteiger partial charge in [-0.1, -0.05) is 91.0 Å². The summed E-state index contributed by atoms with van der Waals surface area (Å²) in [7, 11) is 0. The van der Waals surface area contributed by atoms with Crippen molar-refractivity contribution in [3.63, 3.8) is 0 Å². The minimum Gasteiger partial charge on any atom is -0.311 e. The Bertz CT molecular complexity index is 1840. The van der Waals surface area contributed by atoms with Crippen molar-refractivity contribution in [2.75, 3.05) is 4.90 Å². The molecule has 0 saturated carbocycles. The Morgan fingerprint density at radius 3 is 1.71 bits per heavy atom. The summed E-state index contributed by atoms with van der Waals surface area (Å²) in [5, 5.41) is 2.50. The summed E-state index contributed by atoms with van der Waals surface area (Å²) in [5.41, 5.74) is 7.93. The van der Waals surface area contributed by atoms with Crippen molar-refractivity contribution in [3.8, 4) is 22.4 Å². The molecule has 38 heavy (non-hydrogen) atoms. The number of nitrogens with zero attached hydrogens (tertiary/aromatic N) is 2. The number of hydrogen-bond donors (Lipinski definition) is 0. The fraction of sp³-hybridized carbons (Fsp3) is 0. The largest absolute Gasteiger partial charge is 0.311 e. The maximum absolute atomic E-state index is 4.82. The lowest BCUT2D eigenvalue weighted by Gasteiger charge is -2.26. The molecule has 180 valence electrons. The van der Waals surface area contributed by atoms with Gasteiger partial charge < -0.3 is 4.90 Å². The molecule has 0 saturated heterocycles. The Morgan fingerprint density at radius 2 is 1.00 bits per heavy atom. The molecule has 2 heterocycles. The molecule has 3 heteroatoms. The molecule has 0 spiro atoms. The number of anilines is 3. The lowest BCUT2D eigenvalue weighted by Crippen LogP contribution is -2.09. The van der Waals surface area contributed by atoms with E-state index in [1.54, 1.807) is 0 Å². The highest BCUT2D eigenvalue weighted by atomic mass is 32.1. The zero-order valence-corrected chi connectivity index (χ0v) is 21.5. The topological polar surface area (TPSA) is 16.1 Å². The van der Waals surface area contributed by atoms with E-state index in [1.807, 2.05) is 17.5 Å². The lowest BCUT2D eigenvalue weighted by atomic mass is 10.0. The van der Waals surface area contributed by atoms with Gasteiger partial charge in [-0.25, -0.2) is 0 Å². The highest BCUT2D eigenvalue weighted by molar-refractivity contribution is 7.25. The summed E-state index contributed by atoms with van der Waals surface area (Å²) in [6.07, 6.45) is 1.92. The van der Waals surface area contributed by atoms with E-state index in [9.17, 15) is 0 Å². The van der Waals surface area contributed by atoms with E-state index in [0.717, 1.165) is 28.3 Å². The van der Waals surface area contributed by atoms with Crippen LogP contribution in [0.1, 0.15) is 0 Å². The van der Waals surface area contributed by atoms with Crippen LogP contribution in [0.2, 0.25) is 0 Å². The molecule has 2 nitrogen and oxygen atoms in total. The van der Waals surface area contributed by atoms with Gasteiger partial charge in [-0.3, -0.25) is 4.98 Å². The van der Waals surface area contributed by atoms with E-state index < -0.39 is 0 Å². The molecule has 0 fully saturated rings. The van der Waals surface area contributed by atoms with Crippen molar-refractivity contribution in [2.24, 2.45) is 0 Å². The van der Waals surface area contributed by atoms with E-state index in [-0.39, 0.29) is 0 Å². The minimum atomic E-state index is 1.03. The van der Waals surface area contributed by atoms with Crippen LogP contribution in [0.4, 0.5) is 17.1 Å². The molecule has 2 aromatic heterocycles. The quantitative estimate of drug-likeness (QED) is 0.232. The highest BCUT2D eigenvalue weighted by Gasteiger charge is 2.15. The van der Waals surface area contributed by atoms with E-state index >= 15 is 0 Å². The Labute approximate surface area is 226 Å². The smallest absolute Gasteiger partial charge is 0.0795 e. The van der Waals surface area contributed by atoms with Crippen molar-refractivity contribution in [2.45, 2.75) is 0 Å². The van der Waals surface area contributed by atoms with Gasteiger partial charge in [0.1, 0.15) is 0 Å². The third-order valence-electron chi connectivity index (χ3n) is 6.94. The van der Waals surface area contributed by atoms with Crippen LogP contribution in [-0.4, -0.2) is 4.98 Å². The van der Waals surface area contributed by atoms with Crippen LogP contribution in [0.25, 0.3) is 42.6 Å². The molecule has 0 aliphatic heterocycles. The molecule has 0 unspecified atom stereocenters. The summed E-state index contributed by atoms with van der Waals surface area (Å²) < 4.78 is 2.56. The summed E-state index contributed by atoms with van der Waals surface area (Å²) >= 11 is 1.82. The van der Waals surface area contributed by atoms with Crippen molar-refractivity contribution in [1.82, 2.24) is 4.98 Å².